The van der Waals surface area contributed by atoms with Gasteiger partial charge < -0.3 is 5.32 Å². The maximum absolute atomic E-state index is 12.5. The molecular weight excluding hydrogens is 366 g/mol. The molecule has 3 heterocycles. The van der Waals surface area contributed by atoms with Gasteiger partial charge in [0.25, 0.3) is 5.56 Å². The second-order valence-corrected chi connectivity index (χ2v) is 8.20. The van der Waals surface area contributed by atoms with Crippen molar-refractivity contribution in [3.63, 3.8) is 0 Å². The molecule has 8 heteroatoms. The van der Waals surface area contributed by atoms with E-state index < -0.39 is 0 Å². The molecule has 0 saturated heterocycles. The highest BCUT2D eigenvalue weighted by atomic mass is 16.1. The number of nitrogens with zero attached hydrogens (tertiary/aromatic N) is 5. The summed E-state index contributed by atoms with van der Waals surface area (Å²) in [5, 5.41) is 12.5. The van der Waals surface area contributed by atoms with Crippen LogP contribution in [0.25, 0.3) is 11.0 Å². The molecular formula is C21H25N7O. The summed E-state index contributed by atoms with van der Waals surface area (Å²) in [6.45, 7) is 8.80. The molecule has 1 atom stereocenters. The van der Waals surface area contributed by atoms with Gasteiger partial charge in [-0.1, -0.05) is 30.3 Å². The first-order valence-electron chi connectivity index (χ1n) is 9.62. The van der Waals surface area contributed by atoms with Gasteiger partial charge in [0, 0.05) is 11.8 Å². The molecule has 1 unspecified atom stereocenters. The minimum Gasteiger partial charge on any atom is -0.349 e. The Hall–Kier alpha value is -3.42. The molecule has 8 nitrogen and oxygen atoms in total. The Morgan fingerprint density at radius 1 is 1.14 bits per heavy atom. The van der Waals surface area contributed by atoms with E-state index in [1.165, 1.54) is 5.56 Å². The number of nitrogens with one attached hydrogen (secondary N) is 2. The van der Waals surface area contributed by atoms with Crippen molar-refractivity contribution in [2.75, 3.05) is 5.32 Å². The number of aromatic nitrogens is 6. The molecule has 0 aliphatic rings. The smallest absolute Gasteiger partial charge is 0.263 e. The van der Waals surface area contributed by atoms with Crippen molar-refractivity contribution in [3.8, 4) is 0 Å². The van der Waals surface area contributed by atoms with Gasteiger partial charge in [-0.2, -0.15) is 15.2 Å². The van der Waals surface area contributed by atoms with Crippen LogP contribution in [0.15, 0.2) is 53.7 Å². The molecule has 150 valence electrons. The number of hydrogen-bond acceptors (Lipinski definition) is 5. The van der Waals surface area contributed by atoms with E-state index in [2.05, 4.69) is 37.6 Å². The van der Waals surface area contributed by atoms with Crippen LogP contribution < -0.4 is 10.9 Å². The number of hydrogen-bond donors (Lipinski definition) is 2. The van der Waals surface area contributed by atoms with E-state index in [-0.39, 0.29) is 17.1 Å². The first-order valence-corrected chi connectivity index (χ1v) is 9.62. The third-order valence-electron chi connectivity index (χ3n) is 4.77. The average molecular weight is 391 g/mol. The van der Waals surface area contributed by atoms with Crippen molar-refractivity contribution in [2.24, 2.45) is 0 Å². The summed E-state index contributed by atoms with van der Waals surface area (Å²) < 4.78 is 3.67. The lowest BCUT2D eigenvalue weighted by Gasteiger charge is -2.20. The topological polar surface area (TPSA) is 93.4 Å². The van der Waals surface area contributed by atoms with Gasteiger partial charge in [0.1, 0.15) is 5.39 Å². The number of benzene rings is 1. The van der Waals surface area contributed by atoms with Crippen molar-refractivity contribution in [1.82, 2.24) is 29.5 Å². The molecule has 1 aromatic carbocycles. The van der Waals surface area contributed by atoms with Crippen LogP contribution in [0, 0.1) is 0 Å². The van der Waals surface area contributed by atoms with E-state index in [0.717, 1.165) is 5.56 Å². The zero-order chi connectivity index (χ0) is 20.6. The number of rotatable bonds is 5. The standard InChI is InChI=1S/C21H25N7O/c1-14(16-10-22-27(13-16)12-15-8-6-5-7-9-15)24-20-25-18-17(19(29)26-20)11-23-28(18)21(2,3)4/h5-11,13-14H,12H2,1-4H3,(H2,24,25,26,29). The predicted molar refractivity (Wildman–Crippen MR) is 113 cm³/mol. The summed E-state index contributed by atoms with van der Waals surface area (Å²) in [5.41, 5.74) is 2.28. The zero-order valence-electron chi connectivity index (χ0n) is 17.0. The number of H-pyrrole nitrogens is 1. The van der Waals surface area contributed by atoms with E-state index in [0.29, 0.717) is 23.5 Å². The molecule has 2 N–H and O–H groups in total. The van der Waals surface area contributed by atoms with Crippen LogP contribution in [0.5, 0.6) is 0 Å². The lowest BCUT2D eigenvalue weighted by molar-refractivity contribution is 0.366. The van der Waals surface area contributed by atoms with Crippen LogP contribution in [0.4, 0.5) is 5.95 Å². The van der Waals surface area contributed by atoms with Crippen molar-refractivity contribution in [3.05, 3.63) is 70.4 Å². The maximum Gasteiger partial charge on any atom is 0.263 e. The Balaban J connectivity index is 1.56. The molecule has 0 aliphatic carbocycles. The lowest BCUT2D eigenvalue weighted by atomic mass is 10.1. The molecule has 29 heavy (non-hydrogen) atoms. The van der Waals surface area contributed by atoms with Crippen LogP contribution in [0.2, 0.25) is 0 Å². The Kier molecular flexibility index (Phi) is 4.70. The predicted octanol–water partition coefficient (Wildman–Crippen LogP) is 3.29. The summed E-state index contributed by atoms with van der Waals surface area (Å²) in [4.78, 5) is 19.9. The van der Waals surface area contributed by atoms with Gasteiger partial charge in [0.15, 0.2) is 5.65 Å². The van der Waals surface area contributed by atoms with Crippen LogP contribution >= 0.6 is 0 Å². The summed E-state index contributed by atoms with van der Waals surface area (Å²) in [6.07, 6.45) is 5.39. The molecule has 0 amide bonds. The first-order chi connectivity index (χ1) is 13.8. The van der Waals surface area contributed by atoms with Crippen LogP contribution in [-0.4, -0.2) is 29.5 Å². The van der Waals surface area contributed by atoms with Gasteiger partial charge in [0.2, 0.25) is 5.95 Å². The lowest BCUT2D eigenvalue weighted by Crippen LogP contribution is -2.24. The van der Waals surface area contributed by atoms with E-state index in [1.807, 2.05) is 63.0 Å². The third kappa shape index (κ3) is 3.91. The summed E-state index contributed by atoms with van der Waals surface area (Å²) in [6, 6.07) is 10.1. The average Bonchev–Trinajstić information content (AvgIpc) is 3.29. The van der Waals surface area contributed by atoms with Gasteiger partial charge in [0.05, 0.1) is 30.5 Å². The third-order valence-corrected chi connectivity index (χ3v) is 4.77. The highest BCUT2D eigenvalue weighted by Gasteiger charge is 2.20. The number of aromatic amines is 1. The summed E-state index contributed by atoms with van der Waals surface area (Å²) in [7, 11) is 0. The second-order valence-electron chi connectivity index (χ2n) is 8.20. The summed E-state index contributed by atoms with van der Waals surface area (Å²) >= 11 is 0. The van der Waals surface area contributed by atoms with Gasteiger partial charge in [-0.3, -0.25) is 14.5 Å². The van der Waals surface area contributed by atoms with Gasteiger partial charge in [-0.15, -0.1) is 0 Å². The van der Waals surface area contributed by atoms with Crippen molar-refractivity contribution >= 4 is 17.0 Å². The van der Waals surface area contributed by atoms with E-state index in [1.54, 1.807) is 10.9 Å². The highest BCUT2D eigenvalue weighted by molar-refractivity contribution is 5.74. The molecule has 0 radical (unpaired) electrons. The Morgan fingerprint density at radius 3 is 2.62 bits per heavy atom. The molecule has 4 rings (SSSR count). The monoisotopic (exact) mass is 391 g/mol. The molecule has 0 bridgehead atoms. The zero-order valence-corrected chi connectivity index (χ0v) is 17.0. The van der Waals surface area contributed by atoms with E-state index in [9.17, 15) is 4.79 Å². The fourth-order valence-electron chi connectivity index (χ4n) is 3.23. The Morgan fingerprint density at radius 2 is 1.90 bits per heavy atom. The van der Waals surface area contributed by atoms with Gasteiger partial charge in [-0.25, -0.2) is 4.68 Å². The molecule has 0 saturated carbocycles. The minimum absolute atomic E-state index is 0.0777. The largest absolute Gasteiger partial charge is 0.349 e. The van der Waals surface area contributed by atoms with Crippen LogP contribution in [0.3, 0.4) is 0 Å². The molecule has 0 fully saturated rings. The highest BCUT2D eigenvalue weighted by Crippen LogP contribution is 2.21. The normalized spacial score (nSPS) is 13.0. The number of anilines is 1. The molecule has 0 spiro atoms. The van der Waals surface area contributed by atoms with Crippen molar-refractivity contribution in [1.29, 1.82) is 0 Å². The van der Waals surface area contributed by atoms with Crippen LogP contribution in [-0.2, 0) is 12.1 Å². The van der Waals surface area contributed by atoms with Crippen LogP contribution in [0.1, 0.15) is 44.9 Å². The molecule has 0 aliphatic heterocycles. The van der Waals surface area contributed by atoms with Gasteiger partial charge >= 0.3 is 0 Å². The Labute approximate surface area is 168 Å². The van der Waals surface area contributed by atoms with Crippen molar-refractivity contribution in [2.45, 2.75) is 45.8 Å². The van der Waals surface area contributed by atoms with Gasteiger partial charge in [-0.05, 0) is 33.3 Å². The minimum atomic E-state index is -0.274. The second kappa shape index (κ2) is 7.20. The quantitative estimate of drug-likeness (QED) is 0.544. The number of fused-ring (bicyclic) bond motifs is 1. The van der Waals surface area contributed by atoms with Crippen molar-refractivity contribution < 1.29 is 0 Å². The van der Waals surface area contributed by atoms with E-state index in [4.69, 9.17) is 0 Å². The van der Waals surface area contributed by atoms with E-state index >= 15 is 0 Å². The fraction of sp³-hybridized carbons (Fsp3) is 0.333. The maximum atomic E-state index is 12.5. The first kappa shape index (κ1) is 18.9. The SMILES string of the molecule is CC(Nc1nc2c(cnn2C(C)(C)C)c(=O)[nH]1)c1cnn(Cc2ccccc2)c1. The fourth-order valence-corrected chi connectivity index (χ4v) is 3.23. The molecule has 4 aromatic rings. The summed E-state index contributed by atoms with van der Waals surface area (Å²) in [5.74, 6) is 0.414. The molecule has 3 aromatic heterocycles. The Bertz CT molecular complexity index is 1180.